The highest BCUT2D eigenvalue weighted by Crippen LogP contribution is 2.12. The highest BCUT2D eigenvalue weighted by Gasteiger charge is 2.27. The van der Waals surface area contributed by atoms with Crippen molar-refractivity contribution in [2.45, 2.75) is 26.2 Å². The molecule has 122 valence electrons. The molecule has 21 heavy (non-hydrogen) atoms. The summed E-state index contributed by atoms with van der Waals surface area (Å²) in [6, 6.07) is 0. The lowest BCUT2D eigenvalue weighted by Gasteiger charge is -2.22. The Balaban J connectivity index is 2.49. The highest BCUT2D eigenvalue weighted by molar-refractivity contribution is 7.89. The van der Waals surface area contributed by atoms with Gasteiger partial charge in [0.15, 0.2) is 5.96 Å². The van der Waals surface area contributed by atoms with Crippen molar-refractivity contribution in [2.75, 3.05) is 45.5 Å². The molecule has 1 saturated heterocycles. The zero-order valence-corrected chi connectivity index (χ0v) is 14.0. The summed E-state index contributed by atoms with van der Waals surface area (Å²) in [6.07, 6.45) is 4.66. The summed E-state index contributed by atoms with van der Waals surface area (Å²) in [5.41, 5.74) is 0. The standard InChI is InChI=1S/C14H28N4O2S/c1-4-6-7-10-17(3)14(15-5-2)16-9-12-18-11-8-13-21(18,19)20/h4H,1,5-13H2,2-3H3,(H,15,16). The summed E-state index contributed by atoms with van der Waals surface area (Å²) in [5.74, 6) is 1.11. The van der Waals surface area contributed by atoms with Crippen LogP contribution < -0.4 is 5.32 Å². The minimum atomic E-state index is -3.02. The molecule has 6 nitrogen and oxygen atoms in total. The van der Waals surface area contributed by atoms with E-state index in [-0.39, 0.29) is 5.75 Å². The number of guanidine groups is 1. The molecular weight excluding hydrogens is 288 g/mol. The second-order valence-electron chi connectivity index (χ2n) is 5.16. The van der Waals surface area contributed by atoms with Gasteiger partial charge in [-0.05, 0) is 26.2 Å². The van der Waals surface area contributed by atoms with Gasteiger partial charge >= 0.3 is 0 Å². The largest absolute Gasteiger partial charge is 0.357 e. The molecule has 1 aliphatic rings. The second-order valence-corrected chi connectivity index (χ2v) is 7.25. The number of rotatable bonds is 8. The Morgan fingerprint density at radius 1 is 1.52 bits per heavy atom. The quantitative estimate of drug-likeness (QED) is 0.312. The fourth-order valence-corrected chi connectivity index (χ4v) is 3.78. The van der Waals surface area contributed by atoms with E-state index < -0.39 is 10.0 Å². The first-order valence-corrected chi connectivity index (χ1v) is 9.20. The Labute approximate surface area is 129 Å². The molecule has 0 saturated carbocycles. The number of nitrogens with one attached hydrogen (secondary N) is 1. The summed E-state index contributed by atoms with van der Waals surface area (Å²) in [6.45, 7) is 9.04. The summed E-state index contributed by atoms with van der Waals surface area (Å²) in [4.78, 5) is 6.60. The van der Waals surface area contributed by atoms with E-state index in [0.29, 0.717) is 19.6 Å². The molecule has 7 heteroatoms. The van der Waals surface area contributed by atoms with Gasteiger partial charge in [-0.25, -0.2) is 12.7 Å². The average molecular weight is 316 g/mol. The monoisotopic (exact) mass is 316 g/mol. The summed E-state index contributed by atoms with van der Waals surface area (Å²) in [7, 11) is -1.02. The fraction of sp³-hybridized carbons (Fsp3) is 0.786. The second kappa shape index (κ2) is 9.04. The van der Waals surface area contributed by atoms with E-state index in [1.54, 1.807) is 0 Å². The van der Waals surface area contributed by atoms with Gasteiger partial charge in [-0.2, -0.15) is 0 Å². The third-order valence-corrected chi connectivity index (χ3v) is 5.37. The van der Waals surface area contributed by atoms with Crippen LogP contribution in [0, 0.1) is 0 Å². The molecule has 0 amide bonds. The van der Waals surface area contributed by atoms with Crippen LogP contribution in [0.4, 0.5) is 0 Å². The molecular formula is C14H28N4O2S. The van der Waals surface area contributed by atoms with Crippen molar-refractivity contribution in [1.82, 2.24) is 14.5 Å². The molecule has 0 aromatic carbocycles. The van der Waals surface area contributed by atoms with E-state index in [2.05, 4.69) is 21.8 Å². The van der Waals surface area contributed by atoms with E-state index >= 15 is 0 Å². The maximum Gasteiger partial charge on any atom is 0.214 e. The van der Waals surface area contributed by atoms with Gasteiger partial charge in [0.1, 0.15) is 0 Å². The first-order valence-electron chi connectivity index (χ1n) is 7.59. The smallest absolute Gasteiger partial charge is 0.214 e. The minimum Gasteiger partial charge on any atom is -0.357 e. The molecule has 0 bridgehead atoms. The van der Waals surface area contributed by atoms with Gasteiger partial charge < -0.3 is 10.2 Å². The van der Waals surface area contributed by atoms with Crippen molar-refractivity contribution in [3.8, 4) is 0 Å². The number of sulfonamides is 1. The van der Waals surface area contributed by atoms with Crippen LogP contribution in [-0.4, -0.2) is 69.1 Å². The van der Waals surface area contributed by atoms with Crippen LogP contribution in [0.3, 0.4) is 0 Å². The van der Waals surface area contributed by atoms with Crippen molar-refractivity contribution in [1.29, 1.82) is 0 Å². The van der Waals surface area contributed by atoms with Crippen LogP contribution in [0.1, 0.15) is 26.2 Å². The van der Waals surface area contributed by atoms with Gasteiger partial charge in [-0.1, -0.05) is 6.08 Å². The lowest BCUT2D eigenvalue weighted by atomic mass is 10.3. The van der Waals surface area contributed by atoms with Crippen LogP contribution in [0.25, 0.3) is 0 Å². The predicted octanol–water partition coefficient (Wildman–Crippen LogP) is 0.885. The minimum absolute atomic E-state index is 0.276. The van der Waals surface area contributed by atoms with Gasteiger partial charge in [0, 0.05) is 33.2 Å². The van der Waals surface area contributed by atoms with E-state index in [0.717, 1.165) is 38.3 Å². The molecule has 1 rings (SSSR count). The molecule has 1 N–H and O–H groups in total. The Bertz CT molecular complexity index is 448. The van der Waals surface area contributed by atoms with Crippen molar-refractivity contribution in [2.24, 2.45) is 4.99 Å². The molecule has 0 atom stereocenters. The van der Waals surface area contributed by atoms with Gasteiger partial charge in [0.25, 0.3) is 0 Å². The Morgan fingerprint density at radius 3 is 2.86 bits per heavy atom. The molecule has 1 heterocycles. The molecule has 0 unspecified atom stereocenters. The van der Waals surface area contributed by atoms with Gasteiger partial charge in [0.05, 0.1) is 12.3 Å². The summed E-state index contributed by atoms with van der Waals surface area (Å²) < 4.78 is 25.0. The van der Waals surface area contributed by atoms with Crippen LogP contribution in [0.2, 0.25) is 0 Å². The molecule has 1 aliphatic heterocycles. The number of hydrogen-bond donors (Lipinski definition) is 1. The third-order valence-electron chi connectivity index (χ3n) is 3.41. The number of hydrogen-bond acceptors (Lipinski definition) is 3. The first kappa shape index (κ1) is 18.0. The third kappa shape index (κ3) is 6.05. The van der Waals surface area contributed by atoms with Crippen LogP contribution in [-0.2, 0) is 10.0 Å². The van der Waals surface area contributed by atoms with Gasteiger partial charge in [0.2, 0.25) is 10.0 Å². The Kier molecular flexibility index (Phi) is 7.74. The lowest BCUT2D eigenvalue weighted by Crippen LogP contribution is -2.40. The summed E-state index contributed by atoms with van der Waals surface area (Å²) in [5, 5.41) is 3.24. The molecule has 0 spiro atoms. The lowest BCUT2D eigenvalue weighted by molar-refractivity contribution is 0.444. The molecule has 0 radical (unpaired) electrons. The van der Waals surface area contributed by atoms with Crippen molar-refractivity contribution in [3.05, 3.63) is 12.7 Å². The van der Waals surface area contributed by atoms with E-state index in [9.17, 15) is 8.42 Å². The predicted molar refractivity (Wildman–Crippen MR) is 88.0 cm³/mol. The normalized spacial score (nSPS) is 18.7. The van der Waals surface area contributed by atoms with Crippen LogP contribution >= 0.6 is 0 Å². The SMILES string of the molecule is C=CCCCN(C)C(=NCCN1CCCS1(=O)=O)NCC. The zero-order chi connectivity index (χ0) is 15.7. The highest BCUT2D eigenvalue weighted by atomic mass is 32.2. The molecule has 0 aliphatic carbocycles. The van der Waals surface area contributed by atoms with Crippen molar-refractivity contribution in [3.63, 3.8) is 0 Å². The topological polar surface area (TPSA) is 65.0 Å². The van der Waals surface area contributed by atoms with Crippen molar-refractivity contribution >= 4 is 16.0 Å². The maximum absolute atomic E-state index is 11.7. The first-order chi connectivity index (χ1) is 10.0. The number of unbranched alkanes of at least 4 members (excludes halogenated alkanes) is 1. The molecule has 0 aromatic rings. The fourth-order valence-electron chi connectivity index (χ4n) is 2.26. The van der Waals surface area contributed by atoms with E-state index in [4.69, 9.17) is 0 Å². The zero-order valence-electron chi connectivity index (χ0n) is 13.2. The number of nitrogens with zero attached hydrogens (tertiary/aromatic N) is 3. The maximum atomic E-state index is 11.7. The van der Waals surface area contributed by atoms with E-state index in [1.807, 2.05) is 20.0 Å². The van der Waals surface area contributed by atoms with Gasteiger partial charge in [-0.3, -0.25) is 4.99 Å². The molecule has 1 fully saturated rings. The number of allylic oxidation sites excluding steroid dienone is 1. The van der Waals surface area contributed by atoms with Crippen LogP contribution in [0.15, 0.2) is 17.6 Å². The Hall–Kier alpha value is -1.08. The summed E-state index contributed by atoms with van der Waals surface area (Å²) >= 11 is 0. The van der Waals surface area contributed by atoms with Gasteiger partial charge in [-0.15, -0.1) is 6.58 Å². The van der Waals surface area contributed by atoms with Crippen molar-refractivity contribution < 1.29 is 8.42 Å². The Morgan fingerprint density at radius 2 is 2.29 bits per heavy atom. The average Bonchev–Trinajstić information content (AvgIpc) is 2.77. The van der Waals surface area contributed by atoms with E-state index in [1.165, 1.54) is 4.31 Å². The number of aliphatic imine (C=N–C) groups is 1. The molecule has 0 aromatic heterocycles. The van der Waals surface area contributed by atoms with Crippen LogP contribution in [0.5, 0.6) is 0 Å².